The van der Waals surface area contributed by atoms with Crippen LogP contribution >= 0.6 is 0 Å². The molecule has 0 saturated heterocycles. The van der Waals surface area contributed by atoms with Gasteiger partial charge in [0.05, 0.1) is 0 Å². The number of amides is 2. The van der Waals surface area contributed by atoms with Crippen molar-refractivity contribution in [2.75, 3.05) is 6.54 Å². The molecule has 3 rings (SSSR count). The molecule has 0 atom stereocenters. The molecule has 4 N–H and O–H groups in total. The van der Waals surface area contributed by atoms with Gasteiger partial charge in [0, 0.05) is 30.2 Å². The number of H-pyrrole nitrogens is 1. The number of carbonyl (C=O) groups excluding carboxylic acids is 1. The van der Waals surface area contributed by atoms with Gasteiger partial charge in [0.1, 0.15) is 5.75 Å². The molecular weight excluding hydrogens is 338 g/mol. The number of phenolic OH excluding ortho intramolecular Hbond substituents is 1. The van der Waals surface area contributed by atoms with E-state index in [-0.39, 0.29) is 17.2 Å². The largest absolute Gasteiger partial charge is 0.508 e. The summed E-state index contributed by atoms with van der Waals surface area (Å²) in [6.07, 6.45) is 2.61. The third-order valence-corrected chi connectivity index (χ3v) is 4.70. The van der Waals surface area contributed by atoms with E-state index < -0.39 is 0 Å². The van der Waals surface area contributed by atoms with Crippen LogP contribution in [0.5, 0.6) is 5.75 Å². The molecule has 3 aromatic rings. The molecule has 0 aliphatic heterocycles. The van der Waals surface area contributed by atoms with Crippen molar-refractivity contribution in [2.24, 2.45) is 0 Å². The lowest BCUT2D eigenvalue weighted by atomic mass is 9.87. The quantitative estimate of drug-likeness (QED) is 0.546. The summed E-state index contributed by atoms with van der Waals surface area (Å²) in [6, 6.07) is 13.4. The Kier molecular flexibility index (Phi) is 5.40. The lowest BCUT2D eigenvalue weighted by Gasteiger charge is -2.19. The summed E-state index contributed by atoms with van der Waals surface area (Å²) in [6.45, 7) is 7.57. The van der Waals surface area contributed by atoms with Crippen LogP contribution in [0.3, 0.4) is 0 Å². The smallest absolute Gasteiger partial charge is 0.315 e. The van der Waals surface area contributed by atoms with Crippen LogP contribution in [0.25, 0.3) is 10.9 Å². The van der Waals surface area contributed by atoms with E-state index in [0.29, 0.717) is 19.5 Å². The van der Waals surface area contributed by atoms with Gasteiger partial charge in [-0.2, -0.15) is 0 Å². The number of hydrogen-bond donors (Lipinski definition) is 4. The molecule has 0 spiro atoms. The first-order chi connectivity index (χ1) is 12.8. The number of aromatic nitrogens is 1. The van der Waals surface area contributed by atoms with E-state index in [1.807, 2.05) is 12.3 Å². The number of nitrogens with one attached hydrogen (secondary N) is 3. The zero-order valence-electron chi connectivity index (χ0n) is 16.1. The van der Waals surface area contributed by atoms with E-state index in [1.165, 1.54) is 5.56 Å². The minimum absolute atomic E-state index is 0.128. The number of phenols is 1. The Morgan fingerprint density at radius 2 is 1.81 bits per heavy atom. The molecule has 2 aromatic carbocycles. The summed E-state index contributed by atoms with van der Waals surface area (Å²) >= 11 is 0. The number of urea groups is 1. The zero-order chi connectivity index (χ0) is 19.4. The molecule has 0 saturated carbocycles. The molecule has 0 fully saturated rings. The molecule has 0 radical (unpaired) electrons. The number of aromatic hydroxyl groups is 1. The fourth-order valence-electron chi connectivity index (χ4n) is 3.05. The van der Waals surface area contributed by atoms with Crippen molar-refractivity contribution < 1.29 is 9.90 Å². The summed E-state index contributed by atoms with van der Waals surface area (Å²) in [5, 5.41) is 16.4. The highest BCUT2D eigenvalue weighted by atomic mass is 16.3. The molecule has 5 nitrogen and oxygen atoms in total. The summed E-state index contributed by atoms with van der Waals surface area (Å²) < 4.78 is 0. The predicted molar refractivity (Wildman–Crippen MR) is 109 cm³/mol. The monoisotopic (exact) mass is 365 g/mol. The maximum atomic E-state index is 12.0. The van der Waals surface area contributed by atoms with Gasteiger partial charge in [-0.3, -0.25) is 0 Å². The summed E-state index contributed by atoms with van der Waals surface area (Å²) in [5.41, 5.74) is 4.53. The van der Waals surface area contributed by atoms with Crippen molar-refractivity contribution in [1.29, 1.82) is 0 Å². The van der Waals surface area contributed by atoms with E-state index >= 15 is 0 Å². The van der Waals surface area contributed by atoms with Crippen LogP contribution in [0.1, 0.15) is 37.5 Å². The number of fused-ring (bicyclic) bond motifs is 1. The average Bonchev–Trinajstić information content (AvgIpc) is 3.02. The summed E-state index contributed by atoms with van der Waals surface area (Å²) in [5.74, 6) is 0.242. The Morgan fingerprint density at radius 3 is 2.52 bits per heavy atom. The third-order valence-electron chi connectivity index (χ3n) is 4.70. The Hall–Kier alpha value is -2.95. The fourth-order valence-corrected chi connectivity index (χ4v) is 3.05. The van der Waals surface area contributed by atoms with Gasteiger partial charge >= 0.3 is 6.03 Å². The van der Waals surface area contributed by atoms with Crippen LogP contribution in [0.15, 0.2) is 48.7 Å². The SMILES string of the molecule is CC(C)(C)c1ccc(CNC(=O)NCCc2c[nH]c3ccc(O)cc23)cc1. The Labute approximate surface area is 159 Å². The Morgan fingerprint density at radius 1 is 1.07 bits per heavy atom. The van der Waals surface area contributed by atoms with Gasteiger partial charge in [-0.25, -0.2) is 4.79 Å². The van der Waals surface area contributed by atoms with Crippen molar-refractivity contribution in [3.63, 3.8) is 0 Å². The van der Waals surface area contributed by atoms with E-state index in [9.17, 15) is 9.90 Å². The predicted octanol–water partition coefficient (Wildman–Crippen LogP) is 4.21. The average molecular weight is 365 g/mol. The number of aromatic amines is 1. The first-order valence-corrected chi connectivity index (χ1v) is 9.23. The lowest BCUT2D eigenvalue weighted by molar-refractivity contribution is 0.240. The second-order valence-electron chi connectivity index (χ2n) is 7.85. The highest BCUT2D eigenvalue weighted by molar-refractivity contribution is 5.84. The number of rotatable bonds is 5. The first-order valence-electron chi connectivity index (χ1n) is 9.23. The van der Waals surface area contributed by atoms with Crippen molar-refractivity contribution in [3.05, 3.63) is 65.4 Å². The zero-order valence-corrected chi connectivity index (χ0v) is 16.1. The minimum atomic E-state index is -0.183. The van der Waals surface area contributed by atoms with Gasteiger partial charge in [0.15, 0.2) is 0 Å². The van der Waals surface area contributed by atoms with Crippen LogP contribution in [-0.4, -0.2) is 22.7 Å². The molecule has 142 valence electrons. The minimum Gasteiger partial charge on any atom is -0.508 e. The molecule has 5 heteroatoms. The van der Waals surface area contributed by atoms with Crippen LogP contribution < -0.4 is 10.6 Å². The first kappa shape index (κ1) is 18.8. The van der Waals surface area contributed by atoms with Gasteiger partial charge in [0.25, 0.3) is 0 Å². The molecule has 27 heavy (non-hydrogen) atoms. The van der Waals surface area contributed by atoms with E-state index in [2.05, 4.69) is 60.7 Å². The van der Waals surface area contributed by atoms with Gasteiger partial charge < -0.3 is 20.7 Å². The second-order valence-corrected chi connectivity index (χ2v) is 7.85. The summed E-state index contributed by atoms with van der Waals surface area (Å²) in [7, 11) is 0. The topological polar surface area (TPSA) is 77.2 Å². The molecular formula is C22H27N3O2. The molecule has 0 unspecified atom stereocenters. The van der Waals surface area contributed by atoms with E-state index in [4.69, 9.17) is 0 Å². The number of carbonyl (C=O) groups is 1. The highest BCUT2D eigenvalue weighted by Crippen LogP contribution is 2.23. The molecule has 1 aromatic heterocycles. The van der Waals surface area contributed by atoms with Gasteiger partial charge in [-0.05, 0) is 46.7 Å². The van der Waals surface area contributed by atoms with Gasteiger partial charge in [0.2, 0.25) is 0 Å². The molecule has 2 amide bonds. The van der Waals surface area contributed by atoms with Crippen molar-refractivity contribution in [1.82, 2.24) is 15.6 Å². The van der Waals surface area contributed by atoms with E-state index in [1.54, 1.807) is 12.1 Å². The van der Waals surface area contributed by atoms with Crippen molar-refractivity contribution in [3.8, 4) is 5.75 Å². The van der Waals surface area contributed by atoms with Gasteiger partial charge in [-0.15, -0.1) is 0 Å². The second kappa shape index (κ2) is 7.74. The standard InChI is InChI=1S/C22H27N3O2/c1-22(2,3)17-6-4-15(5-7-17)13-25-21(27)23-11-10-16-14-24-20-9-8-18(26)12-19(16)20/h4-9,12,14,24,26H,10-11,13H2,1-3H3,(H2,23,25,27). The lowest BCUT2D eigenvalue weighted by Crippen LogP contribution is -2.36. The van der Waals surface area contributed by atoms with Crippen molar-refractivity contribution in [2.45, 2.75) is 39.2 Å². The fraction of sp³-hybridized carbons (Fsp3) is 0.318. The third kappa shape index (κ3) is 4.82. The van der Waals surface area contributed by atoms with Crippen LogP contribution in [-0.2, 0) is 18.4 Å². The molecule has 0 bridgehead atoms. The maximum absolute atomic E-state index is 12.0. The molecule has 1 heterocycles. The van der Waals surface area contributed by atoms with E-state index in [0.717, 1.165) is 22.0 Å². The molecule has 0 aliphatic rings. The Balaban J connectivity index is 1.46. The van der Waals surface area contributed by atoms with Crippen LogP contribution in [0.2, 0.25) is 0 Å². The highest BCUT2D eigenvalue weighted by Gasteiger charge is 2.13. The van der Waals surface area contributed by atoms with Gasteiger partial charge in [-0.1, -0.05) is 45.0 Å². The number of hydrogen-bond acceptors (Lipinski definition) is 2. The Bertz CT molecular complexity index is 921. The molecule has 0 aliphatic carbocycles. The van der Waals surface area contributed by atoms with Crippen LogP contribution in [0, 0.1) is 0 Å². The van der Waals surface area contributed by atoms with Crippen molar-refractivity contribution >= 4 is 16.9 Å². The van der Waals surface area contributed by atoms with Crippen LogP contribution in [0.4, 0.5) is 4.79 Å². The summed E-state index contributed by atoms with van der Waals surface area (Å²) in [4.78, 5) is 15.2. The number of benzene rings is 2. The maximum Gasteiger partial charge on any atom is 0.315 e. The normalized spacial score (nSPS) is 11.5.